The van der Waals surface area contributed by atoms with Crippen LogP contribution in [-0.2, 0) is 0 Å². The lowest BCUT2D eigenvalue weighted by Gasteiger charge is -2.11. The molecule has 0 spiro atoms. The number of aromatic nitrogens is 1. The smallest absolute Gasteiger partial charge is 0.132 e. The van der Waals surface area contributed by atoms with Gasteiger partial charge in [-0.05, 0) is 30.7 Å². The summed E-state index contributed by atoms with van der Waals surface area (Å²) in [4.78, 5) is 2.79. The number of aliphatic hydroxyl groups is 1. The molecule has 1 aromatic heterocycles. The van der Waals surface area contributed by atoms with Gasteiger partial charge in [0.15, 0.2) is 0 Å². The highest BCUT2D eigenvalue weighted by atomic mass is 19.1. The Labute approximate surface area is 91.6 Å². The number of hydrogen-bond donors (Lipinski definition) is 2. The van der Waals surface area contributed by atoms with Gasteiger partial charge in [0, 0.05) is 23.5 Å². The molecule has 2 nitrogen and oxygen atoms in total. The predicted molar refractivity (Wildman–Crippen MR) is 55.9 cm³/mol. The number of aromatic amines is 1. The van der Waals surface area contributed by atoms with Crippen molar-refractivity contribution in [2.24, 2.45) is 0 Å². The molecule has 2 aromatic rings. The van der Waals surface area contributed by atoms with Gasteiger partial charge in [-0.3, -0.25) is 0 Å². The molecule has 1 unspecified atom stereocenters. The summed E-state index contributed by atoms with van der Waals surface area (Å²) in [5.41, 5.74) is 0.855. The topological polar surface area (TPSA) is 36.0 Å². The summed E-state index contributed by atoms with van der Waals surface area (Å²) in [7, 11) is 0. The summed E-state index contributed by atoms with van der Waals surface area (Å²) in [6, 6.07) is 5.45. The lowest BCUT2D eigenvalue weighted by molar-refractivity contribution is 0.210. The highest BCUT2D eigenvalue weighted by Crippen LogP contribution is 2.25. The Kier molecular flexibility index (Phi) is 2.75. The molecule has 16 heavy (non-hydrogen) atoms. The van der Waals surface area contributed by atoms with Crippen LogP contribution in [0.4, 0.5) is 8.78 Å². The van der Waals surface area contributed by atoms with Crippen LogP contribution in [0.2, 0.25) is 0 Å². The van der Waals surface area contributed by atoms with E-state index >= 15 is 0 Å². The Balaban J connectivity index is 2.44. The number of benzene rings is 1. The van der Waals surface area contributed by atoms with Gasteiger partial charge in [-0.1, -0.05) is 0 Å². The molecule has 4 heteroatoms. The van der Waals surface area contributed by atoms with Crippen LogP contribution < -0.4 is 0 Å². The third kappa shape index (κ3) is 1.84. The first kappa shape index (κ1) is 10.8. The third-order valence-corrected chi connectivity index (χ3v) is 2.49. The number of aryl methyl sites for hydroxylation is 1. The highest BCUT2D eigenvalue weighted by molar-refractivity contribution is 5.31. The van der Waals surface area contributed by atoms with Crippen molar-refractivity contribution in [3.8, 4) is 0 Å². The third-order valence-electron chi connectivity index (χ3n) is 2.49. The molecule has 0 amide bonds. The molecule has 0 aliphatic heterocycles. The minimum absolute atomic E-state index is 0.0707. The minimum atomic E-state index is -1.10. The van der Waals surface area contributed by atoms with E-state index in [9.17, 15) is 13.9 Å². The van der Waals surface area contributed by atoms with Crippen molar-refractivity contribution in [1.82, 2.24) is 4.98 Å². The zero-order chi connectivity index (χ0) is 11.7. The molecular weight excluding hydrogens is 212 g/mol. The second-order valence-corrected chi connectivity index (χ2v) is 3.65. The van der Waals surface area contributed by atoms with Gasteiger partial charge in [0.1, 0.15) is 17.7 Å². The Hall–Kier alpha value is -1.68. The van der Waals surface area contributed by atoms with Gasteiger partial charge >= 0.3 is 0 Å². The second kappa shape index (κ2) is 4.06. The van der Waals surface area contributed by atoms with E-state index < -0.39 is 17.7 Å². The quantitative estimate of drug-likeness (QED) is 0.806. The van der Waals surface area contributed by atoms with E-state index in [2.05, 4.69) is 4.98 Å². The fourth-order valence-electron chi connectivity index (χ4n) is 1.57. The van der Waals surface area contributed by atoms with Gasteiger partial charge in [0.05, 0.1) is 0 Å². The molecule has 0 fully saturated rings. The fraction of sp³-hybridized carbons (Fsp3) is 0.167. The number of halogens is 2. The van der Waals surface area contributed by atoms with E-state index in [1.54, 1.807) is 18.3 Å². The average molecular weight is 223 g/mol. The van der Waals surface area contributed by atoms with Gasteiger partial charge in [-0.15, -0.1) is 0 Å². The molecule has 2 N–H and O–H groups in total. The number of aliphatic hydroxyl groups excluding tert-OH is 1. The van der Waals surface area contributed by atoms with Crippen LogP contribution in [0.3, 0.4) is 0 Å². The van der Waals surface area contributed by atoms with Crippen LogP contribution >= 0.6 is 0 Å². The van der Waals surface area contributed by atoms with Crippen LogP contribution in [0.25, 0.3) is 0 Å². The van der Waals surface area contributed by atoms with Crippen molar-refractivity contribution in [2.75, 3.05) is 0 Å². The van der Waals surface area contributed by atoms with E-state index in [0.717, 1.165) is 6.07 Å². The molecule has 0 radical (unpaired) electrons. The number of H-pyrrole nitrogens is 1. The van der Waals surface area contributed by atoms with Crippen LogP contribution in [0.15, 0.2) is 30.5 Å². The maximum atomic E-state index is 13.5. The average Bonchev–Trinajstić information content (AvgIpc) is 2.75. The summed E-state index contributed by atoms with van der Waals surface area (Å²) in [5, 5.41) is 9.88. The van der Waals surface area contributed by atoms with Crippen LogP contribution in [0.1, 0.15) is 22.9 Å². The van der Waals surface area contributed by atoms with Crippen molar-refractivity contribution in [2.45, 2.75) is 13.0 Å². The van der Waals surface area contributed by atoms with Crippen LogP contribution in [-0.4, -0.2) is 10.1 Å². The molecular formula is C12H11F2NO. The van der Waals surface area contributed by atoms with E-state index in [-0.39, 0.29) is 5.56 Å². The summed E-state index contributed by atoms with van der Waals surface area (Å²) >= 11 is 0. The molecule has 0 saturated carbocycles. The largest absolute Gasteiger partial charge is 0.382 e. The fourth-order valence-corrected chi connectivity index (χ4v) is 1.57. The maximum absolute atomic E-state index is 13.5. The molecule has 0 saturated heterocycles. The van der Waals surface area contributed by atoms with Crippen LogP contribution in [0.5, 0.6) is 0 Å². The van der Waals surface area contributed by atoms with Crippen molar-refractivity contribution >= 4 is 0 Å². The van der Waals surface area contributed by atoms with E-state index in [1.165, 1.54) is 13.0 Å². The van der Waals surface area contributed by atoms with E-state index in [0.29, 0.717) is 11.3 Å². The standard InChI is InChI=1S/C12H11F2NO/c1-7-5-8(10(14)6-9(7)13)12(16)11-3-2-4-15-11/h2-6,12,15-16H,1H3. The lowest BCUT2D eigenvalue weighted by atomic mass is 10.0. The molecule has 0 aliphatic carbocycles. The van der Waals surface area contributed by atoms with Gasteiger partial charge in [-0.25, -0.2) is 8.78 Å². The molecule has 0 aliphatic rings. The summed E-state index contributed by atoms with van der Waals surface area (Å²) < 4.78 is 26.5. The highest BCUT2D eigenvalue weighted by Gasteiger charge is 2.17. The van der Waals surface area contributed by atoms with Crippen molar-refractivity contribution in [1.29, 1.82) is 0 Å². The van der Waals surface area contributed by atoms with Crippen molar-refractivity contribution in [3.63, 3.8) is 0 Å². The number of rotatable bonds is 2. The van der Waals surface area contributed by atoms with Crippen molar-refractivity contribution in [3.05, 3.63) is 58.9 Å². The summed E-state index contributed by atoms with van der Waals surface area (Å²) in [5.74, 6) is -1.36. The second-order valence-electron chi connectivity index (χ2n) is 3.65. The maximum Gasteiger partial charge on any atom is 0.132 e. The first-order valence-electron chi connectivity index (χ1n) is 4.86. The van der Waals surface area contributed by atoms with E-state index in [1.807, 2.05) is 0 Å². The van der Waals surface area contributed by atoms with E-state index in [4.69, 9.17) is 0 Å². The number of hydrogen-bond acceptors (Lipinski definition) is 1. The van der Waals surface area contributed by atoms with Gasteiger partial charge in [0.2, 0.25) is 0 Å². The molecule has 1 aromatic carbocycles. The monoisotopic (exact) mass is 223 g/mol. The SMILES string of the molecule is Cc1cc(C(O)c2ccc[nH]2)c(F)cc1F. The van der Waals surface area contributed by atoms with Gasteiger partial charge < -0.3 is 10.1 Å². The zero-order valence-corrected chi connectivity index (χ0v) is 8.67. The Morgan fingerprint density at radius 3 is 2.62 bits per heavy atom. The normalized spacial score (nSPS) is 12.8. The molecule has 2 rings (SSSR count). The zero-order valence-electron chi connectivity index (χ0n) is 8.67. The summed E-state index contributed by atoms with van der Waals surface area (Å²) in [6.07, 6.45) is 0.529. The first-order chi connectivity index (χ1) is 7.59. The Morgan fingerprint density at radius 1 is 1.25 bits per heavy atom. The predicted octanol–water partition coefficient (Wildman–Crippen LogP) is 2.68. The van der Waals surface area contributed by atoms with Gasteiger partial charge in [0.25, 0.3) is 0 Å². The number of nitrogens with one attached hydrogen (secondary N) is 1. The molecule has 1 atom stereocenters. The minimum Gasteiger partial charge on any atom is -0.382 e. The Morgan fingerprint density at radius 2 is 2.00 bits per heavy atom. The molecule has 1 heterocycles. The molecule has 0 bridgehead atoms. The Bertz CT molecular complexity index is 494. The van der Waals surface area contributed by atoms with Gasteiger partial charge in [-0.2, -0.15) is 0 Å². The first-order valence-corrected chi connectivity index (χ1v) is 4.86. The lowest BCUT2D eigenvalue weighted by Crippen LogP contribution is -2.04. The molecule has 84 valence electrons. The summed E-state index contributed by atoms with van der Waals surface area (Å²) in [6.45, 7) is 1.53. The van der Waals surface area contributed by atoms with Crippen molar-refractivity contribution < 1.29 is 13.9 Å². The van der Waals surface area contributed by atoms with Crippen LogP contribution in [0, 0.1) is 18.6 Å².